The molecule has 3 nitrogen and oxygen atoms in total. The zero-order valence-corrected chi connectivity index (χ0v) is 13.3. The van der Waals surface area contributed by atoms with Crippen LogP contribution in [0.5, 0.6) is 0 Å². The minimum absolute atomic E-state index is 0.448. The number of carboxylic acid groups (broad SMARTS) is 1. The molecule has 1 heterocycles. The van der Waals surface area contributed by atoms with Crippen LogP contribution in [0, 0.1) is 10.8 Å². The first-order valence-electron chi connectivity index (χ1n) is 8.52. The summed E-state index contributed by atoms with van der Waals surface area (Å²) in [6.07, 6.45) is 10.2. The Bertz CT molecular complexity index is 320. The number of likely N-dealkylation sites (tertiary alicyclic amines) is 1. The Morgan fingerprint density at radius 2 is 1.55 bits per heavy atom. The Hall–Kier alpha value is -0.570. The van der Waals surface area contributed by atoms with E-state index in [-0.39, 0.29) is 0 Å². The molecule has 1 saturated carbocycles. The molecule has 0 unspecified atom stereocenters. The Morgan fingerprint density at radius 1 is 1.00 bits per heavy atom. The minimum atomic E-state index is -0.556. The Kier molecular flexibility index (Phi) is 5.11. The molecule has 0 bridgehead atoms. The summed E-state index contributed by atoms with van der Waals surface area (Å²) in [5.41, 5.74) is 0.0795. The van der Waals surface area contributed by atoms with E-state index in [1.807, 2.05) is 0 Å². The second-order valence-electron chi connectivity index (χ2n) is 7.13. The number of hydrogen-bond acceptors (Lipinski definition) is 2. The van der Waals surface area contributed by atoms with Crippen LogP contribution in [0.3, 0.4) is 0 Å². The van der Waals surface area contributed by atoms with Gasteiger partial charge >= 0.3 is 5.97 Å². The number of piperidine rings is 1. The third-order valence-electron chi connectivity index (χ3n) is 6.21. The number of rotatable bonds is 5. The van der Waals surface area contributed by atoms with Crippen LogP contribution in [0.4, 0.5) is 0 Å². The zero-order chi connectivity index (χ0) is 14.6. The quantitative estimate of drug-likeness (QED) is 0.830. The fourth-order valence-electron chi connectivity index (χ4n) is 4.24. The van der Waals surface area contributed by atoms with Gasteiger partial charge in [0.25, 0.3) is 0 Å². The topological polar surface area (TPSA) is 40.5 Å². The molecule has 1 N–H and O–H groups in total. The van der Waals surface area contributed by atoms with Crippen molar-refractivity contribution < 1.29 is 9.90 Å². The molecule has 0 radical (unpaired) electrons. The average Bonchev–Trinajstić information content (AvgIpc) is 2.49. The first kappa shape index (κ1) is 15.8. The molecule has 0 atom stereocenters. The van der Waals surface area contributed by atoms with Gasteiger partial charge in [0.15, 0.2) is 0 Å². The summed E-state index contributed by atoms with van der Waals surface area (Å²) in [5.74, 6) is -0.556. The molecule has 2 fully saturated rings. The fourth-order valence-corrected chi connectivity index (χ4v) is 4.24. The minimum Gasteiger partial charge on any atom is -0.481 e. The van der Waals surface area contributed by atoms with Gasteiger partial charge in [0.05, 0.1) is 5.41 Å². The monoisotopic (exact) mass is 281 g/mol. The third kappa shape index (κ3) is 3.19. The van der Waals surface area contributed by atoms with Crippen molar-refractivity contribution in [2.45, 2.75) is 71.6 Å². The van der Waals surface area contributed by atoms with E-state index in [0.717, 1.165) is 45.3 Å². The predicted octanol–water partition coefficient (Wildman–Crippen LogP) is 3.92. The maximum absolute atomic E-state index is 11.8. The van der Waals surface area contributed by atoms with Crippen LogP contribution < -0.4 is 0 Å². The van der Waals surface area contributed by atoms with Crippen molar-refractivity contribution >= 4 is 5.97 Å². The van der Waals surface area contributed by atoms with Gasteiger partial charge in [-0.3, -0.25) is 4.79 Å². The summed E-state index contributed by atoms with van der Waals surface area (Å²) in [7, 11) is 0. The van der Waals surface area contributed by atoms with Crippen LogP contribution in [0.2, 0.25) is 0 Å². The van der Waals surface area contributed by atoms with Crippen molar-refractivity contribution in [2.75, 3.05) is 19.6 Å². The Labute approximate surface area is 123 Å². The number of hydrogen-bond donors (Lipinski definition) is 1. The van der Waals surface area contributed by atoms with E-state index in [9.17, 15) is 9.90 Å². The summed E-state index contributed by atoms with van der Waals surface area (Å²) in [6, 6.07) is 0. The largest absolute Gasteiger partial charge is 0.481 e. The molecule has 1 saturated heterocycles. The molecule has 116 valence electrons. The van der Waals surface area contributed by atoms with Crippen molar-refractivity contribution in [3.8, 4) is 0 Å². The Morgan fingerprint density at radius 3 is 2.00 bits per heavy atom. The molecule has 0 spiro atoms. The lowest BCUT2D eigenvalue weighted by Crippen LogP contribution is -2.48. The van der Waals surface area contributed by atoms with E-state index in [0.29, 0.717) is 5.41 Å². The van der Waals surface area contributed by atoms with Gasteiger partial charge in [-0.2, -0.15) is 0 Å². The van der Waals surface area contributed by atoms with Gasteiger partial charge in [-0.05, 0) is 44.2 Å². The van der Waals surface area contributed by atoms with Crippen LogP contribution in [0.1, 0.15) is 71.6 Å². The van der Waals surface area contributed by atoms with Crippen LogP contribution >= 0.6 is 0 Å². The third-order valence-corrected chi connectivity index (χ3v) is 6.21. The van der Waals surface area contributed by atoms with E-state index in [4.69, 9.17) is 0 Å². The predicted molar refractivity (Wildman–Crippen MR) is 81.8 cm³/mol. The molecule has 2 aliphatic rings. The maximum Gasteiger partial charge on any atom is 0.310 e. The molecule has 0 aromatic heterocycles. The molecule has 0 amide bonds. The van der Waals surface area contributed by atoms with Crippen LogP contribution in [-0.4, -0.2) is 35.6 Å². The summed E-state index contributed by atoms with van der Waals surface area (Å²) in [6.45, 7) is 7.58. The highest BCUT2D eigenvalue weighted by atomic mass is 16.4. The van der Waals surface area contributed by atoms with Gasteiger partial charge < -0.3 is 10.0 Å². The van der Waals surface area contributed by atoms with Crippen molar-refractivity contribution in [1.29, 1.82) is 0 Å². The van der Waals surface area contributed by atoms with Gasteiger partial charge in [0.1, 0.15) is 0 Å². The van der Waals surface area contributed by atoms with E-state index >= 15 is 0 Å². The molecule has 1 aliphatic heterocycles. The first-order chi connectivity index (χ1) is 9.56. The van der Waals surface area contributed by atoms with Crippen LogP contribution in [0.25, 0.3) is 0 Å². The van der Waals surface area contributed by atoms with Crippen molar-refractivity contribution in [1.82, 2.24) is 4.90 Å². The van der Waals surface area contributed by atoms with Crippen molar-refractivity contribution in [3.63, 3.8) is 0 Å². The summed E-state index contributed by atoms with van der Waals surface area (Å²) < 4.78 is 0. The highest BCUT2D eigenvalue weighted by molar-refractivity contribution is 5.75. The van der Waals surface area contributed by atoms with E-state index in [1.165, 1.54) is 32.1 Å². The highest BCUT2D eigenvalue weighted by Crippen LogP contribution is 2.41. The number of aliphatic carboxylic acids is 1. The molecule has 0 aromatic carbocycles. The van der Waals surface area contributed by atoms with E-state index < -0.39 is 11.4 Å². The van der Waals surface area contributed by atoms with Crippen LogP contribution in [0.15, 0.2) is 0 Å². The number of carboxylic acids is 1. The smallest absolute Gasteiger partial charge is 0.310 e. The van der Waals surface area contributed by atoms with E-state index in [2.05, 4.69) is 18.7 Å². The van der Waals surface area contributed by atoms with Gasteiger partial charge in [-0.1, -0.05) is 46.0 Å². The van der Waals surface area contributed by atoms with Gasteiger partial charge in [-0.25, -0.2) is 0 Å². The lowest BCUT2D eigenvalue weighted by atomic mass is 9.71. The average molecular weight is 281 g/mol. The second kappa shape index (κ2) is 6.46. The number of carbonyl (C=O) groups is 1. The molecular weight excluding hydrogens is 250 g/mol. The Balaban J connectivity index is 1.95. The van der Waals surface area contributed by atoms with Gasteiger partial charge in [0.2, 0.25) is 0 Å². The molecule has 1 aliphatic carbocycles. The molecule has 20 heavy (non-hydrogen) atoms. The summed E-state index contributed by atoms with van der Waals surface area (Å²) >= 11 is 0. The zero-order valence-electron chi connectivity index (χ0n) is 13.3. The second-order valence-corrected chi connectivity index (χ2v) is 7.13. The normalized spacial score (nSPS) is 26.3. The van der Waals surface area contributed by atoms with Crippen molar-refractivity contribution in [3.05, 3.63) is 0 Å². The maximum atomic E-state index is 11.8. The standard InChI is InChI=1S/C17H31NO2/c1-3-16(4-2)10-12-18(13-11-16)14-17(15(19)20)8-6-5-7-9-17/h3-14H2,1-2H3,(H,19,20). The van der Waals surface area contributed by atoms with E-state index in [1.54, 1.807) is 0 Å². The number of nitrogens with zero attached hydrogens (tertiary/aromatic N) is 1. The molecule has 0 aromatic rings. The summed E-state index contributed by atoms with van der Waals surface area (Å²) in [4.78, 5) is 14.2. The lowest BCUT2D eigenvalue weighted by Gasteiger charge is -2.44. The molecule has 2 rings (SSSR count). The lowest BCUT2D eigenvalue weighted by molar-refractivity contribution is -0.153. The first-order valence-corrected chi connectivity index (χ1v) is 8.52. The van der Waals surface area contributed by atoms with Gasteiger partial charge in [-0.15, -0.1) is 0 Å². The summed E-state index contributed by atoms with van der Waals surface area (Å²) in [5, 5.41) is 9.69. The SMILES string of the molecule is CCC1(CC)CCN(CC2(C(=O)O)CCCCC2)CC1. The van der Waals surface area contributed by atoms with Crippen molar-refractivity contribution in [2.24, 2.45) is 10.8 Å². The molecular formula is C17H31NO2. The molecule has 3 heteroatoms. The van der Waals surface area contributed by atoms with Crippen LogP contribution in [-0.2, 0) is 4.79 Å². The fraction of sp³-hybridized carbons (Fsp3) is 0.941. The van der Waals surface area contributed by atoms with Gasteiger partial charge in [0, 0.05) is 6.54 Å². The highest BCUT2D eigenvalue weighted by Gasteiger charge is 2.42.